The van der Waals surface area contributed by atoms with Gasteiger partial charge in [-0.1, -0.05) is 12.1 Å². The van der Waals surface area contributed by atoms with Crippen molar-refractivity contribution >= 4 is 17.4 Å². The number of hydrogen-bond acceptors (Lipinski definition) is 4. The fourth-order valence-electron chi connectivity index (χ4n) is 1.43. The predicted octanol–water partition coefficient (Wildman–Crippen LogP) is 1.25. The quantitative estimate of drug-likeness (QED) is 0.609. The summed E-state index contributed by atoms with van der Waals surface area (Å²) >= 11 is 0. The maximum absolute atomic E-state index is 10.5. The van der Waals surface area contributed by atoms with Gasteiger partial charge in [0.05, 0.1) is 11.7 Å². The zero-order valence-corrected chi connectivity index (χ0v) is 9.06. The minimum Gasteiger partial charge on any atom is -0.545 e. The topological polar surface area (TPSA) is 64.5 Å². The number of carboxylic acids is 1. The SMILES string of the molecule is C/C(=N/Nc1ccc(C(=O)[O-])cc1)C1CC1. The summed E-state index contributed by atoms with van der Waals surface area (Å²) in [6.07, 6.45) is 2.45. The standard InChI is InChI=1S/C12H14N2O2/c1-8(9-2-3-9)13-14-11-6-4-10(5-7-11)12(15)16/h4-7,9,14H,2-3H2,1H3,(H,15,16)/p-1/b13-8-. The zero-order valence-electron chi connectivity index (χ0n) is 9.06. The van der Waals surface area contributed by atoms with Crippen LogP contribution < -0.4 is 10.5 Å². The Morgan fingerprint density at radius 3 is 2.50 bits per heavy atom. The number of aromatic carboxylic acids is 1. The van der Waals surface area contributed by atoms with Gasteiger partial charge in [-0.3, -0.25) is 5.43 Å². The van der Waals surface area contributed by atoms with Gasteiger partial charge in [-0.25, -0.2) is 0 Å². The van der Waals surface area contributed by atoms with E-state index in [1.807, 2.05) is 6.92 Å². The molecule has 1 fully saturated rings. The van der Waals surface area contributed by atoms with Crippen LogP contribution in [0.4, 0.5) is 5.69 Å². The van der Waals surface area contributed by atoms with Crippen molar-refractivity contribution in [2.75, 3.05) is 5.43 Å². The summed E-state index contributed by atoms with van der Waals surface area (Å²) in [5, 5.41) is 14.8. The summed E-state index contributed by atoms with van der Waals surface area (Å²) in [7, 11) is 0. The predicted molar refractivity (Wildman–Crippen MR) is 60.2 cm³/mol. The molecule has 0 saturated heterocycles. The van der Waals surface area contributed by atoms with Crippen LogP contribution in [0.5, 0.6) is 0 Å². The van der Waals surface area contributed by atoms with Gasteiger partial charge in [0.2, 0.25) is 0 Å². The molecule has 0 heterocycles. The minimum absolute atomic E-state index is 0.174. The number of carbonyl (C=O) groups excluding carboxylic acids is 1. The Balaban J connectivity index is 1.99. The van der Waals surface area contributed by atoms with Crippen LogP contribution in [-0.2, 0) is 0 Å². The van der Waals surface area contributed by atoms with Gasteiger partial charge in [0.1, 0.15) is 0 Å². The summed E-state index contributed by atoms with van der Waals surface area (Å²) in [5.74, 6) is -0.529. The van der Waals surface area contributed by atoms with Crippen LogP contribution in [0, 0.1) is 5.92 Å². The van der Waals surface area contributed by atoms with Crippen molar-refractivity contribution in [3.8, 4) is 0 Å². The second-order valence-electron chi connectivity index (χ2n) is 4.00. The van der Waals surface area contributed by atoms with Crippen LogP contribution in [0.15, 0.2) is 29.4 Å². The lowest BCUT2D eigenvalue weighted by Crippen LogP contribution is -2.21. The first-order valence-corrected chi connectivity index (χ1v) is 5.28. The molecule has 0 amide bonds. The van der Waals surface area contributed by atoms with E-state index in [-0.39, 0.29) is 5.56 Å². The number of hydrogen-bond donors (Lipinski definition) is 1. The van der Waals surface area contributed by atoms with Crippen LogP contribution >= 0.6 is 0 Å². The molecule has 1 N–H and O–H groups in total. The molecule has 4 nitrogen and oxygen atoms in total. The minimum atomic E-state index is -1.16. The molecule has 16 heavy (non-hydrogen) atoms. The number of rotatable bonds is 4. The van der Waals surface area contributed by atoms with Gasteiger partial charge in [0.25, 0.3) is 0 Å². The molecule has 0 bridgehead atoms. The Kier molecular flexibility index (Phi) is 2.90. The lowest BCUT2D eigenvalue weighted by Gasteiger charge is -2.05. The average molecular weight is 217 g/mol. The second kappa shape index (κ2) is 4.35. The van der Waals surface area contributed by atoms with Crippen LogP contribution in [0.1, 0.15) is 30.1 Å². The van der Waals surface area contributed by atoms with Gasteiger partial charge in [0.15, 0.2) is 0 Å². The van der Waals surface area contributed by atoms with Crippen LogP contribution in [0.3, 0.4) is 0 Å². The van der Waals surface area contributed by atoms with Gasteiger partial charge in [0, 0.05) is 5.71 Å². The van der Waals surface area contributed by atoms with Crippen molar-refractivity contribution < 1.29 is 9.90 Å². The number of anilines is 1. The third kappa shape index (κ3) is 2.59. The third-order valence-corrected chi connectivity index (χ3v) is 2.65. The Bertz CT molecular complexity index is 419. The van der Waals surface area contributed by atoms with E-state index in [9.17, 15) is 9.90 Å². The van der Waals surface area contributed by atoms with Crippen LogP contribution in [0.25, 0.3) is 0 Å². The summed E-state index contributed by atoms with van der Waals surface area (Å²) < 4.78 is 0. The van der Waals surface area contributed by atoms with E-state index in [0.717, 1.165) is 11.4 Å². The highest BCUT2D eigenvalue weighted by Crippen LogP contribution is 2.30. The first-order chi connectivity index (χ1) is 7.66. The maximum Gasteiger partial charge on any atom is 0.0715 e. The fraction of sp³-hybridized carbons (Fsp3) is 0.333. The van der Waals surface area contributed by atoms with E-state index < -0.39 is 5.97 Å². The van der Waals surface area contributed by atoms with Gasteiger partial charge >= 0.3 is 0 Å². The van der Waals surface area contributed by atoms with Gasteiger partial charge in [-0.05, 0) is 43.4 Å². The fourth-order valence-corrected chi connectivity index (χ4v) is 1.43. The van der Waals surface area contributed by atoms with Crippen molar-refractivity contribution in [3.63, 3.8) is 0 Å². The first-order valence-electron chi connectivity index (χ1n) is 5.28. The molecule has 0 aromatic heterocycles. The zero-order chi connectivity index (χ0) is 11.5. The number of carboxylic acid groups (broad SMARTS) is 1. The molecule has 0 unspecified atom stereocenters. The van der Waals surface area contributed by atoms with E-state index in [2.05, 4.69) is 10.5 Å². The largest absolute Gasteiger partial charge is 0.545 e. The number of nitrogens with one attached hydrogen (secondary N) is 1. The highest BCUT2D eigenvalue weighted by molar-refractivity contribution is 5.87. The van der Waals surface area contributed by atoms with E-state index in [0.29, 0.717) is 5.92 Å². The maximum atomic E-state index is 10.5. The Hall–Kier alpha value is -1.84. The molecule has 84 valence electrons. The van der Waals surface area contributed by atoms with Gasteiger partial charge < -0.3 is 9.90 Å². The summed E-state index contributed by atoms with van der Waals surface area (Å²) in [5.41, 5.74) is 4.96. The van der Waals surface area contributed by atoms with E-state index in [1.54, 1.807) is 12.1 Å². The molecule has 4 heteroatoms. The average Bonchev–Trinajstić information content (AvgIpc) is 3.10. The highest BCUT2D eigenvalue weighted by Gasteiger charge is 2.24. The molecule has 1 aromatic rings. The smallest absolute Gasteiger partial charge is 0.0715 e. The van der Waals surface area contributed by atoms with Crippen LogP contribution in [-0.4, -0.2) is 11.7 Å². The van der Waals surface area contributed by atoms with Crippen LogP contribution in [0.2, 0.25) is 0 Å². The van der Waals surface area contributed by atoms with E-state index in [1.165, 1.54) is 25.0 Å². The molecule has 1 aliphatic carbocycles. The molecule has 0 spiro atoms. The molecule has 1 saturated carbocycles. The van der Waals surface area contributed by atoms with E-state index in [4.69, 9.17) is 0 Å². The molecule has 1 aliphatic rings. The number of hydrazone groups is 1. The van der Waals surface area contributed by atoms with Gasteiger partial charge in [-0.2, -0.15) is 5.10 Å². The first kappa shape index (κ1) is 10.7. The summed E-state index contributed by atoms with van der Waals surface area (Å²) in [6, 6.07) is 6.35. The van der Waals surface area contributed by atoms with Gasteiger partial charge in [-0.15, -0.1) is 0 Å². The molecule has 1 aromatic carbocycles. The van der Waals surface area contributed by atoms with Crippen molar-refractivity contribution in [3.05, 3.63) is 29.8 Å². The van der Waals surface area contributed by atoms with E-state index >= 15 is 0 Å². The lowest BCUT2D eigenvalue weighted by atomic mass is 10.2. The molecular formula is C12H13N2O2-. The third-order valence-electron chi connectivity index (χ3n) is 2.65. The monoisotopic (exact) mass is 217 g/mol. The number of benzene rings is 1. The van der Waals surface area contributed by atoms with Crippen molar-refractivity contribution in [1.29, 1.82) is 0 Å². The molecule has 0 aliphatic heterocycles. The molecular weight excluding hydrogens is 204 g/mol. The molecule has 0 radical (unpaired) electrons. The summed E-state index contributed by atoms with van der Waals surface area (Å²) in [4.78, 5) is 10.5. The van der Waals surface area contributed by atoms with Crippen molar-refractivity contribution in [2.24, 2.45) is 11.0 Å². The van der Waals surface area contributed by atoms with Crippen molar-refractivity contribution in [2.45, 2.75) is 19.8 Å². The highest BCUT2D eigenvalue weighted by atomic mass is 16.4. The number of carbonyl (C=O) groups is 1. The summed E-state index contributed by atoms with van der Waals surface area (Å²) in [6.45, 7) is 2.00. The lowest BCUT2D eigenvalue weighted by molar-refractivity contribution is -0.255. The normalized spacial score (nSPS) is 15.9. The Morgan fingerprint density at radius 1 is 1.38 bits per heavy atom. The molecule has 2 rings (SSSR count). The number of nitrogens with zero attached hydrogens (tertiary/aromatic N) is 1. The van der Waals surface area contributed by atoms with Crippen molar-refractivity contribution in [1.82, 2.24) is 0 Å². The second-order valence-corrected chi connectivity index (χ2v) is 4.00. The Labute approximate surface area is 94.0 Å². The Morgan fingerprint density at radius 2 is 2.00 bits per heavy atom. The molecule has 0 atom stereocenters.